The molecule has 4 nitrogen and oxygen atoms in total. The van der Waals surface area contributed by atoms with E-state index in [1.807, 2.05) is 30.3 Å². The molecule has 2 aromatic rings. The van der Waals surface area contributed by atoms with E-state index < -0.39 is 30.1 Å². The summed E-state index contributed by atoms with van der Waals surface area (Å²) in [7, 11) is 0. The molecule has 1 unspecified atom stereocenters. The molecule has 1 N–H and O–H groups in total. The Morgan fingerprint density at radius 3 is 2.38 bits per heavy atom. The number of rotatable bonds is 4. The highest BCUT2D eigenvalue weighted by molar-refractivity contribution is 5.89. The standard InChI is InChI=1S/C19H19FO4/c1-19(20)16(24-17(21)14-10-6-3-7-11-14)15(23-18(19)22)12-13-8-4-2-5-9-13/h2-11,15-16,18,22H,12H2,1H3/t15-,16-,18?,19-/m1/s1. The van der Waals surface area contributed by atoms with E-state index in [2.05, 4.69) is 0 Å². The van der Waals surface area contributed by atoms with Crippen molar-refractivity contribution in [3.05, 3.63) is 71.8 Å². The highest BCUT2D eigenvalue weighted by Gasteiger charge is 2.56. The van der Waals surface area contributed by atoms with Gasteiger partial charge in [-0.25, -0.2) is 9.18 Å². The first kappa shape index (κ1) is 16.6. The lowest BCUT2D eigenvalue weighted by Gasteiger charge is -2.25. The van der Waals surface area contributed by atoms with Crippen LogP contribution in [0.15, 0.2) is 60.7 Å². The number of aliphatic hydroxyl groups is 1. The average Bonchev–Trinajstić information content (AvgIpc) is 2.79. The fraction of sp³-hybridized carbons (Fsp3) is 0.316. The van der Waals surface area contributed by atoms with E-state index in [0.29, 0.717) is 12.0 Å². The van der Waals surface area contributed by atoms with E-state index in [9.17, 15) is 14.3 Å². The van der Waals surface area contributed by atoms with Gasteiger partial charge in [0, 0.05) is 6.42 Å². The van der Waals surface area contributed by atoms with Crippen LogP contribution in [0.4, 0.5) is 4.39 Å². The predicted octanol–water partition coefficient (Wildman–Crippen LogP) is 2.90. The quantitative estimate of drug-likeness (QED) is 0.876. The molecule has 3 rings (SSSR count). The molecule has 0 bridgehead atoms. The van der Waals surface area contributed by atoms with Crippen LogP contribution in [0.25, 0.3) is 0 Å². The third-order valence-corrected chi connectivity index (χ3v) is 4.20. The molecule has 4 atom stereocenters. The summed E-state index contributed by atoms with van der Waals surface area (Å²) in [5.74, 6) is -0.639. The van der Waals surface area contributed by atoms with Crippen LogP contribution in [-0.4, -0.2) is 35.2 Å². The zero-order valence-corrected chi connectivity index (χ0v) is 13.3. The average molecular weight is 330 g/mol. The minimum atomic E-state index is -2.18. The molecular weight excluding hydrogens is 311 g/mol. The molecule has 0 radical (unpaired) electrons. The number of esters is 1. The van der Waals surface area contributed by atoms with E-state index in [4.69, 9.17) is 9.47 Å². The smallest absolute Gasteiger partial charge is 0.338 e. The largest absolute Gasteiger partial charge is 0.452 e. The molecule has 2 aromatic carbocycles. The molecule has 1 aliphatic rings. The Hall–Kier alpha value is -2.24. The molecule has 0 spiro atoms. The summed E-state index contributed by atoms with van der Waals surface area (Å²) < 4.78 is 25.5. The Morgan fingerprint density at radius 1 is 1.17 bits per heavy atom. The third kappa shape index (κ3) is 3.32. The number of benzene rings is 2. The Labute approximate surface area is 139 Å². The Kier molecular flexibility index (Phi) is 4.64. The highest BCUT2D eigenvalue weighted by Crippen LogP contribution is 2.37. The normalized spacial score (nSPS) is 29.4. The van der Waals surface area contributed by atoms with E-state index in [1.54, 1.807) is 30.3 Å². The van der Waals surface area contributed by atoms with Gasteiger partial charge in [-0.3, -0.25) is 0 Å². The van der Waals surface area contributed by atoms with Crippen molar-refractivity contribution in [2.24, 2.45) is 0 Å². The maximum absolute atomic E-state index is 14.8. The Morgan fingerprint density at radius 2 is 1.75 bits per heavy atom. The fourth-order valence-corrected chi connectivity index (χ4v) is 2.82. The second-order valence-corrected chi connectivity index (χ2v) is 6.06. The molecule has 1 heterocycles. The lowest BCUT2D eigenvalue weighted by molar-refractivity contribution is -0.139. The predicted molar refractivity (Wildman–Crippen MR) is 86.2 cm³/mol. The van der Waals surface area contributed by atoms with Crippen molar-refractivity contribution >= 4 is 5.97 Å². The van der Waals surface area contributed by atoms with Gasteiger partial charge in [-0.15, -0.1) is 0 Å². The van der Waals surface area contributed by atoms with Crippen LogP contribution >= 0.6 is 0 Å². The van der Waals surface area contributed by atoms with Crippen LogP contribution in [0.2, 0.25) is 0 Å². The number of halogens is 1. The summed E-state index contributed by atoms with van der Waals surface area (Å²) in [6.07, 6.45) is -3.25. The van der Waals surface area contributed by atoms with E-state index >= 15 is 0 Å². The van der Waals surface area contributed by atoms with Gasteiger partial charge in [0.2, 0.25) is 0 Å². The summed E-state index contributed by atoms with van der Waals surface area (Å²) in [6, 6.07) is 17.7. The molecule has 0 aromatic heterocycles. The Bertz CT molecular complexity index is 687. The lowest BCUT2D eigenvalue weighted by Crippen LogP contribution is -2.44. The molecule has 1 aliphatic heterocycles. The number of ether oxygens (including phenoxy) is 2. The van der Waals surface area contributed by atoms with Gasteiger partial charge in [0.05, 0.1) is 5.56 Å². The summed E-state index contributed by atoms with van der Waals surface area (Å²) in [5.41, 5.74) is -0.939. The van der Waals surface area contributed by atoms with Crippen LogP contribution in [0, 0.1) is 0 Å². The van der Waals surface area contributed by atoms with Gasteiger partial charge >= 0.3 is 5.97 Å². The monoisotopic (exact) mass is 330 g/mol. The third-order valence-electron chi connectivity index (χ3n) is 4.20. The summed E-state index contributed by atoms with van der Waals surface area (Å²) in [4.78, 5) is 12.3. The minimum absolute atomic E-state index is 0.327. The topological polar surface area (TPSA) is 55.8 Å². The highest BCUT2D eigenvalue weighted by atomic mass is 19.1. The molecule has 0 saturated carbocycles. The Balaban J connectivity index is 1.79. The van der Waals surface area contributed by atoms with Crippen molar-refractivity contribution < 1.29 is 23.8 Å². The number of aliphatic hydroxyl groups excluding tert-OH is 1. The van der Waals surface area contributed by atoms with Crippen LogP contribution in [0.3, 0.4) is 0 Å². The zero-order valence-electron chi connectivity index (χ0n) is 13.3. The minimum Gasteiger partial charge on any atom is -0.452 e. The number of carbonyl (C=O) groups excluding carboxylic acids is 1. The molecule has 0 aliphatic carbocycles. The second-order valence-electron chi connectivity index (χ2n) is 6.06. The van der Waals surface area contributed by atoms with Crippen LogP contribution in [0.5, 0.6) is 0 Å². The lowest BCUT2D eigenvalue weighted by atomic mass is 9.95. The molecule has 5 heteroatoms. The SMILES string of the molecule is C[C@]1(F)C(O)O[C@H](Cc2ccccc2)[C@H]1OC(=O)c1ccccc1. The fourth-order valence-electron chi connectivity index (χ4n) is 2.82. The maximum Gasteiger partial charge on any atom is 0.338 e. The van der Waals surface area contributed by atoms with Crippen molar-refractivity contribution in [3.8, 4) is 0 Å². The number of carbonyl (C=O) groups is 1. The van der Waals surface area contributed by atoms with Gasteiger partial charge in [-0.05, 0) is 24.6 Å². The van der Waals surface area contributed by atoms with E-state index in [1.165, 1.54) is 6.92 Å². The number of hydrogen-bond donors (Lipinski definition) is 1. The zero-order chi connectivity index (χ0) is 17.2. The van der Waals surface area contributed by atoms with Gasteiger partial charge in [-0.1, -0.05) is 48.5 Å². The number of hydrogen-bond acceptors (Lipinski definition) is 4. The summed E-state index contributed by atoms with van der Waals surface area (Å²) >= 11 is 0. The van der Waals surface area contributed by atoms with Crippen LogP contribution < -0.4 is 0 Å². The molecular formula is C19H19FO4. The van der Waals surface area contributed by atoms with Gasteiger partial charge in [0.25, 0.3) is 0 Å². The van der Waals surface area contributed by atoms with E-state index in [0.717, 1.165) is 5.56 Å². The first-order valence-electron chi connectivity index (χ1n) is 7.81. The molecule has 0 amide bonds. The number of alkyl halides is 1. The maximum atomic E-state index is 14.8. The first-order valence-corrected chi connectivity index (χ1v) is 7.81. The van der Waals surface area contributed by atoms with Crippen molar-refractivity contribution in [1.29, 1.82) is 0 Å². The first-order chi connectivity index (χ1) is 11.5. The summed E-state index contributed by atoms with van der Waals surface area (Å²) in [5, 5.41) is 9.87. The van der Waals surface area contributed by atoms with E-state index in [-0.39, 0.29) is 0 Å². The second kappa shape index (κ2) is 6.71. The van der Waals surface area contributed by atoms with Crippen molar-refractivity contribution in [2.75, 3.05) is 0 Å². The molecule has 24 heavy (non-hydrogen) atoms. The van der Waals surface area contributed by atoms with Gasteiger partial charge < -0.3 is 14.6 Å². The molecule has 1 fully saturated rings. The van der Waals surface area contributed by atoms with Crippen LogP contribution in [-0.2, 0) is 15.9 Å². The molecule has 1 saturated heterocycles. The van der Waals surface area contributed by atoms with Crippen molar-refractivity contribution in [3.63, 3.8) is 0 Å². The van der Waals surface area contributed by atoms with Gasteiger partial charge in [0.15, 0.2) is 18.1 Å². The van der Waals surface area contributed by atoms with Crippen molar-refractivity contribution in [1.82, 2.24) is 0 Å². The van der Waals surface area contributed by atoms with Crippen LogP contribution in [0.1, 0.15) is 22.8 Å². The van der Waals surface area contributed by atoms with Crippen molar-refractivity contribution in [2.45, 2.75) is 37.5 Å². The van der Waals surface area contributed by atoms with Gasteiger partial charge in [-0.2, -0.15) is 0 Å². The summed E-state index contributed by atoms with van der Waals surface area (Å²) in [6.45, 7) is 1.19. The molecule has 126 valence electrons. The van der Waals surface area contributed by atoms with Gasteiger partial charge in [0.1, 0.15) is 6.10 Å².